The van der Waals surface area contributed by atoms with Crippen LogP contribution in [0.4, 0.5) is 10.1 Å². The number of aryl methyl sites for hydroxylation is 1. The van der Waals surface area contributed by atoms with E-state index in [4.69, 9.17) is 0 Å². The molecule has 1 aromatic carbocycles. The molecule has 0 saturated heterocycles. The Morgan fingerprint density at radius 1 is 1.24 bits per heavy atom. The van der Waals surface area contributed by atoms with Crippen LogP contribution in [0.15, 0.2) is 18.2 Å². The maximum absolute atomic E-state index is 14.3. The maximum Gasteiger partial charge on any atom is 0.149 e. The molecule has 3 heteroatoms. The van der Waals surface area contributed by atoms with E-state index in [-0.39, 0.29) is 5.82 Å². The molecule has 1 N–H and O–H groups in total. The van der Waals surface area contributed by atoms with Crippen LogP contribution in [0.1, 0.15) is 58.4 Å². The summed E-state index contributed by atoms with van der Waals surface area (Å²) in [5, 5.41) is 3.16. The Balaban J connectivity index is 2.41. The van der Waals surface area contributed by atoms with Crippen molar-refractivity contribution in [2.45, 2.75) is 59.3 Å². The zero-order chi connectivity index (χ0) is 15.7. The van der Waals surface area contributed by atoms with Gasteiger partial charge in [0.15, 0.2) is 0 Å². The van der Waals surface area contributed by atoms with Crippen molar-refractivity contribution in [3.63, 3.8) is 0 Å². The lowest BCUT2D eigenvalue weighted by Crippen LogP contribution is -2.10. The van der Waals surface area contributed by atoms with Crippen LogP contribution in [0.3, 0.4) is 0 Å². The Morgan fingerprint density at radius 2 is 2.00 bits per heavy atom. The standard InChI is InChI=1S/C18H28FNO/c1-4-16(21)11-7-5-6-9-15-10-8-12-17(18(15)19)20-13-14(2)3/h8,10,12,14,20H,4-7,9,11,13H2,1-3H3. The minimum atomic E-state index is -0.122. The van der Waals surface area contributed by atoms with Gasteiger partial charge in [-0.1, -0.05) is 39.3 Å². The molecule has 2 nitrogen and oxygen atoms in total. The maximum atomic E-state index is 14.3. The molecular weight excluding hydrogens is 265 g/mol. The molecule has 0 heterocycles. The van der Waals surface area contributed by atoms with Gasteiger partial charge in [-0.15, -0.1) is 0 Å². The summed E-state index contributed by atoms with van der Waals surface area (Å²) in [7, 11) is 0. The van der Waals surface area contributed by atoms with Crippen LogP contribution < -0.4 is 5.32 Å². The lowest BCUT2D eigenvalue weighted by molar-refractivity contribution is -0.118. The normalized spacial score (nSPS) is 10.9. The molecule has 0 aliphatic carbocycles. The minimum Gasteiger partial charge on any atom is -0.382 e. The highest BCUT2D eigenvalue weighted by molar-refractivity contribution is 5.77. The number of benzene rings is 1. The highest BCUT2D eigenvalue weighted by Crippen LogP contribution is 2.20. The van der Waals surface area contributed by atoms with Gasteiger partial charge in [0.05, 0.1) is 5.69 Å². The molecule has 1 aromatic rings. The molecule has 0 spiro atoms. The Bertz CT molecular complexity index is 443. The zero-order valence-corrected chi connectivity index (χ0v) is 13.5. The second-order valence-electron chi connectivity index (χ2n) is 6.01. The number of rotatable bonds is 10. The van der Waals surface area contributed by atoms with Crippen LogP contribution in [0.2, 0.25) is 0 Å². The van der Waals surface area contributed by atoms with Crippen molar-refractivity contribution in [2.24, 2.45) is 5.92 Å². The number of anilines is 1. The van der Waals surface area contributed by atoms with Gasteiger partial charge in [0.1, 0.15) is 11.6 Å². The molecule has 0 bridgehead atoms. The first-order valence-corrected chi connectivity index (χ1v) is 8.07. The molecule has 0 saturated carbocycles. The Kier molecular flexibility index (Phi) is 8.03. The van der Waals surface area contributed by atoms with Gasteiger partial charge in [-0.05, 0) is 36.8 Å². The van der Waals surface area contributed by atoms with Gasteiger partial charge in [-0.2, -0.15) is 0 Å². The molecule has 0 aliphatic heterocycles. The molecule has 1 rings (SSSR count). The molecule has 0 fully saturated rings. The molecule has 0 aromatic heterocycles. The van der Waals surface area contributed by atoms with E-state index < -0.39 is 0 Å². The first-order chi connectivity index (χ1) is 10.0. The number of ketones is 1. The number of hydrogen-bond acceptors (Lipinski definition) is 2. The summed E-state index contributed by atoms with van der Waals surface area (Å²) >= 11 is 0. The van der Waals surface area contributed by atoms with Gasteiger partial charge < -0.3 is 5.32 Å². The number of nitrogens with one attached hydrogen (secondary N) is 1. The van der Waals surface area contributed by atoms with Crippen molar-refractivity contribution in [1.82, 2.24) is 0 Å². The summed E-state index contributed by atoms with van der Waals surface area (Å²) in [6, 6.07) is 5.55. The Morgan fingerprint density at radius 3 is 2.67 bits per heavy atom. The van der Waals surface area contributed by atoms with Crippen LogP contribution in [0, 0.1) is 11.7 Å². The Hall–Kier alpha value is -1.38. The number of carbonyl (C=O) groups is 1. The van der Waals surface area contributed by atoms with Crippen LogP contribution in [0.5, 0.6) is 0 Å². The summed E-state index contributed by atoms with van der Waals surface area (Å²) < 4.78 is 14.3. The van der Waals surface area contributed by atoms with Crippen molar-refractivity contribution >= 4 is 11.5 Å². The average molecular weight is 293 g/mol. The smallest absolute Gasteiger partial charge is 0.149 e. The summed E-state index contributed by atoms with van der Waals surface area (Å²) in [5.74, 6) is 0.688. The number of hydrogen-bond donors (Lipinski definition) is 1. The molecule has 0 aliphatic rings. The Labute approximate surface area is 128 Å². The third-order valence-electron chi connectivity index (χ3n) is 3.58. The second-order valence-corrected chi connectivity index (χ2v) is 6.01. The van der Waals surface area contributed by atoms with Crippen LogP contribution in [-0.2, 0) is 11.2 Å². The molecule has 0 atom stereocenters. The van der Waals surface area contributed by atoms with Crippen LogP contribution >= 0.6 is 0 Å². The van der Waals surface area contributed by atoms with E-state index in [1.165, 1.54) is 0 Å². The summed E-state index contributed by atoms with van der Waals surface area (Å²) in [5.41, 5.74) is 1.37. The van der Waals surface area contributed by atoms with E-state index in [0.717, 1.165) is 37.8 Å². The minimum absolute atomic E-state index is 0.122. The highest BCUT2D eigenvalue weighted by Gasteiger charge is 2.08. The fraction of sp³-hybridized carbons (Fsp3) is 0.611. The van der Waals surface area contributed by atoms with Gasteiger partial charge in [-0.3, -0.25) is 4.79 Å². The lowest BCUT2D eigenvalue weighted by Gasteiger charge is -2.12. The molecule has 21 heavy (non-hydrogen) atoms. The zero-order valence-electron chi connectivity index (χ0n) is 13.5. The van der Waals surface area contributed by atoms with E-state index in [1.807, 2.05) is 19.1 Å². The largest absolute Gasteiger partial charge is 0.382 e. The van der Waals surface area contributed by atoms with Crippen molar-refractivity contribution in [2.75, 3.05) is 11.9 Å². The number of carbonyl (C=O) groups excluding carboxylic acids is 1. The monoisotopic (exact) mass is 293 g/mol. The number of halogens is 1. The van der Waals surface area contributed by atoms with Gasteiger partial charge in [-0.25, -0.2) is 4.39 Å². The molecule has 0 radical (unpaired) electrons. The van der Waals surface area contributed by atoms with Gasteiger partial charge >= 0.3 is 0 Å². The molecule has 0 unspecified atom stereocenters. The van der Waals surface area contributed by atoms with Gasteiger partial charge in [0.25, 0.3) is 0 Å². The average Bonchev–Trinajstić information content (AvgIpc) is 2.46. The predicted octanol–water partition coefficient (Wildman–Crippen LogP) is 4.98. The van der Waals surface area contributed by atoms with E-state index >= 15 is 0 Å². The second kappa shape index (κ2) is 9.54. The van der Waals surface area contributed by atoms with E-state index in [9.17, 15) is 9.18 Å². The van der Waals surface area contributed by atoms with Gasteiger partial charge in [0, 0.05) is 19.4 Å². The van der Waals surface area contributed by atoms with E-state index in [2.05, 4.69) is 19.2 Å². The third-order valence-corrected chi connectivity index (χ3v) is 3.58. The third kappa shape index (κ3) is 6.74. The van der Waals surface area contributed by atoms with Crippen LogP contribution in [-0.4, -0.2) is 12.3 Å². The molecular formula is C18H28FNO. The highest BCUT2D eigenvalue weighted by atomic mass is 19.1. The topological polar surface area (TPSA) is 29.1 Å². The lowest BCUT2D eigenvalue weighted by atomic mass is 10.0. The van der Waals surface area contributed by atoms with E-state index in [1.54, 1.807) is 6.07 Å². The van der Waals surface area contributed by atoms with Crippen LogP contribution in [0.25, 0.3) is 0 Å². The quantitative estimate of drug-likeness (QED) is 0.617. The summed E-state index contributed by atoms with van der Waals surface area (Å²) in [4.78, 5) is 11.2. The predicted molar refractivity (Wildman–Crippen MR) is 87.2 cm³/mol. The first kappa shape index (κ1) is 17.7. The molecule has 118 valence electrons. The SMILES string of the molecule is CCC(=O)CCCCCc1cccc(NCC(C)C)c1F. The fourth-order valence-corrected chi connectivity index (χ4v) is 2.21. The number of Topliss-reactive ketones (excluding diaryl/α,β-unsaturated/α-hetero) is 1. The first-order valence-electron chi connectivity index (χ1n) is 8.07. The van der Waals surface area contributed by atoms with Gasteiger partial charge in [0.2, 0.25) is 0 Å². The van der Waals surface area contributed by atoms with Crippen molar-refractivity contribution in [3.05, 3.63) is 29.6 Å². The number of unbranched alkanes of at least 4 members (excludes halogenated alkanes) is 2. The molecule has 0 amide bonds. The van der Waals surface area contributed by atoms with Crippen molar-refractivity contribution in [1.29, 1.82) is 0 Å². The van der Waals surface area contributed by atoms with Crippen molar-refractivity contribution < 1.29 is 9.18 Å². The summed E-state index contributed by atoms with van der Waals surface area (Å²) in [6.07, 6.45) is 4.85. The summed E-state index contributed by atoms with van der Waals surface area (Å²) in [6.45, 7) is 6.88. The fourth-order valence-electron chi connectivity index (χ4n) is 2.21. The van der Waals surface area contributed by atoms with Crippen molar-refractivity contribution in [3.8, 4) is 0 Å². The van der Waals surface area contributed by atoms with E-state index in [0.29, 0.717) is 30.2 Å².